The minimum atomic E-state index is -0.421. The number of aromatic nitrogens is 1. The van der Waals surface area contributed by atoms with Crippen molar-refractivity contribution in [3.63, 3.8) is 0 Å². The third-order valence-electron chi connectivity index (χ3n) is 3.96. The third kappa shape index (κ3) is 3.51. The molecule has 0 atom stereocenters. The predicted octanol–water partition coefficient (Wildman–Crippen LogP) is 5.23. The van der Waals surface area contributed by atoms with E-state index in [0.717, 1.165) is 21.1 Å². The highest BCUT2D eigenvalue weighted by molar-refractivity contribution is 9.10. The zero-order chi connectivity index (χ0) is 18.7. The van der Waals surface area contributed by atoms with Crippen LogP contribution in [0.2, 0.25) is 0 Å². The Labute approximate surface area is 160 Å². The van der Waals surface area contributed by atoms with Crippen LogP contribution in [0.1, 0.15) is 22.8 Å². The summed E-state index contributed by atoms with van der Waals surface area (Å²) in [4.78, 5) is 16.9. The van der Waals surface area contributed by atoms with Crippen molar-refractivity contribution in [2.45, 2.75) is 13.8 Å². The topological polar surface area (TPSA) is 60.5 Å². The summed E-state index contributed by atoms with van der Waals surface area (Å²) >= 11 is 3.57. The van der Waals surface area contributed by atoms with Crippen molar-refractivity contribution in [3.8, 4) is 5.75 Å². The summed E-state index contributed by atoms with van der Waals surface area (Å²) in [5, 5.41) is 4.14. The number of nitrogens with one attached hydrogen (secondary N) is 1. The first-order valence-corrected chi connectivity index (χ1v) is 9.00. The minimum absolute atomic E-state index is 0.294. The Morgan fingerprint density at radius 3 is 2.77 bits per heavy atom. The Bertz CT molecular complexity index is 973. The minimum Gasteiger partial charge on any atom is -0.494 e. The van der Waals surface area contributed by atoms with Crippen LogP contribution < -0.4 is 10.1 Å². The molecular weight excluding hydrogens is 396 g/mol. The van der Waals surface area contributed by atoms with Gasteiger partial charge in [0.15, 0.2) is 0 Å². The number of benzene rings is 2. The first kappa shape index (κ1) is 18.2. The van der Waals surface area contributed by atoms with Crippen LogP contribution in [0.3, 0.4) is 0 Å². The normalized spacial score (nSPS) is 10.6. The highest BCUT2D eigenvalue weighted by Crippen LogP contribution is 2.35. The second kappa shape index (κ2) is 7.74. The molecule has 0 saturated carbocycles. The summed E-state index contributed by atoms with van der Waals surface area (Å²) in [6, 6.07) is 11.6. The number of para-hydroxylation sites is 1. The van der Waals surface area contributed by atoms with Gasteiger partial charge in [-0.1, -0.05) is 18.2 Å². The number of hydrogen-bond acceptors (Lipinski definition) is 5. The van der Waals surface area contributed by atoms with Crippen LogP contribution in [0.4, 0.5) is 11.4 Å². The van der Waals surface area contributed by atoms with E-state index < -0.39 is 5.97 Å². The van der Waals surface area contributed by atoms with Crippen molar-refractivity contribution in [2.75, 3.05) is 19.0 Å². The number of pyridine rings is 1. The molecule has 0 radical (unpaired) electrons. The van der Waals surface area contributed by atoms with Crippen LogP contribution >= 0.6 is 15.9 Å². The van der Waals surface area contributed by atoms with Crippen molar-refractivity contribution in [1.82, 2.24) is 4.98 Å². The summed E-state index contributed by atoms with van der Waals surface area (Å²) in [5.74, 6) is 0.222. The van der Waals surface area contributed by atoms with Gasteiger partial charge in [0.1, 0.15) is 16.8 Å². The molecule has 0 fully saturated rings. The molecule has 134 valence electrons. The molecule has 2 aromatic carbocycles. The zero-order valence-electron chi connectivity index (χ0n) is 14.8. The number of esters is 1. The van der Waals surface area contributed by atoms with Gasteiger partial charge in [-0.2, -0.15) is 0 Å². The number of methoxy groups -OCH3 is 1. The summed E-state index contributed by atoms with van der Waals surface area (Å²) in [5.41, 5.74) is 3.66. The van der Waals surface area contributed by atoms with E-state index in [1.807, 2.05) is 43.3 Å². The summed E-state index contributed by atoms with van der Waals surface area (Å²) in [7, 11) is 1.60. The number of fused-ring (bicyclic) bond motifs is 1. The third-order valence-corrected chi connectivity index (χ3v) is 4.62. The molecule has 1 heterocycles. The molecule has 0 amide bonds. The molecule has 0 aliphatic rings. The van der Waals surface area contributed by atoms with Gasteiger partial charge in [-0.3, -0.25) is 4.98 Å². The Morgan fingerprint density at radius 1 is 1.27 bits per heavy atom. The Hall–Kier alpha value is -2.60. The lowest BCUT2D eigenvalue weighted by molar-refractivity contribution is 0.0527. The Morgan fingerprint density at radius 2 is 2.08 bits per heavy atom. The molecule has 0 aliphatic carbocycles. The van der Waals surface area contributed by atoms with Gasteiger partial charge in [-0.15, -0.1) is 0 Å². The number of carbonyl (C=O) groups excluding carboxylic acids is 1. The molecule has 6 heteroatoms. The van der Waals surface area contributed by atoms with E-state index in [9.17, 15) is 4.79 Å². The van der Waals surface area contributed by atoms with Crippen LogP contribution in [-0.4, -0.2) is 24.7 Å². The average Bonchev–Trinajstić information content (AvgIpc) is 2.63. The summed E-state index contributed by atoms with van der Waals surface area (Å²) in [6.45, 7) is 4.09. The van der Waals surface area contributed by atoms with Crippen molar-refractivity contribution >= 4 is 44.2 Å². The van der Waals surface area contributed by atoms with Gasteiger partial charge >= 0.3 is 5.97 Å². The maximum Gasteiger partial charge on any atom is 0.341 e. The van der Waals surface area contributed by atoms with Gasteiger partial charge in [0.2, 0.25) is 0 Å². The first-order valence-electron chi connectivity index (χ1n) is 8.21. The standard InChI is InChI=1S/C20H19BrN2O3/c1-4-26-20(24)14-11-22-19-13(6-5-7-17(19)25-3)18(14)23-16-9-8-12(2)10-15(16)21/h5-11H,4H2,1-3H3,(H,22,23). The zero-order valence-corrected chi connectivity index (χ0v) is 16.4. The van der Waals surface area contributed by atoms with Gasteiger partial charge in [0, 0.05) is 16.1 Å². The lowest BCUT2D eigenvalue weighted by Crippen LogP contribution is -2.09. The van der Waals surface area contributed by atoms with E-state index in [4.69, 9.17) is 9.47 Å². The van der Waals surface area contributed by atoms with E-state index in [1.165, 1.54) is 6.20 Å². The molecule has 0 aliphatic heterocycles. The van der Waals surface area contributed by atoms with E-state index in [2.05, 4.69) is 26.2 Å². The smallest absolute Gasteiger partial charge is 0.341 e. The van der Waals surface area contributed by atoms with Gasteiger partial charge in [-0.05, 0) is 53.5 Å². The molecule has 1 aromatic heterocycles. The molecule has 26 heavy (non-hydrogen) atoms. The number of carbonyl (C=O) groups is 1. The maximum atomic E-state index is 12.4. The molecule has 0 spiro atoms. The number of halogens is 1. The average molecular weight is 415 g/mol. The lowest BCUT2D eigenvalue weighted by atomic mass is 10.1. The number of anilines is 2. The van der Waals surface area contributed by atoms with Gasteiger partial charge in [0.25, 0.3) is 0 Å². The quantitative estimate of drug-likeness (QED) is 0.578. The maximum absolute atomic E-state index is 12.4. The molecule has 0 bridgehead atoms. The van der Waals surface area contributed by atoms with Crippen LogP contribution in [0.5, 0.6) is 5.75 Å². The van der Waals surface area contributed by atoms with Crippen molar-refractivity contribution in [2.24, 2.45) is 0 Å². The van der Waals surface area contributed by atoms with E-state index in [-0.39, 0.29) is 0 Å². The number of ether oxygens (including phenoxy) is 2. The fourth-order valence-corrected chi connectivity index (χ4v) is 3.31. The van der Waals surface area contributed by atoms with Gasteiger partial charge < -0.3 is 14.8 Å². The highest BCUT2D eigenvalue weighted by Gasteiger charge is 2.19. The van der Waals surface area contributed by atoms with E-state index in [1.54, 1.807) is 14.0 Å². The van der Waals surface area contributed by atoms with Crippen molar-refractivity contribution < 1.29 is 14.3 Å². The van der Waals surface area contributed by atoms with Gasteiger partial charge in [0.05, 0.1) is 25.1 Å². The monoisotopic (exact) mass is 414 g/mol. The second-order valence-corrected chi connectivity index (χ2v) is 6.59. The first-order chi connectivity index (χ1) is 12.5. The fraction of sp³-hybridized carbons (Fsp3) is 0.200. The predicted molar refractivity (Wildman–Crippen MR) is 106 cm³/mol. The molecule has 3 aromatic rings. The largest absolute Gasteiger partial charge is 0.494 e. The summed E-state index contributed by atoms with van der Waals surface area (Å²) < 4.78 is 11.5. The Kier molecular flexibility index (Phi) is 5.42. The fourth-order valence-electron chi connectivity index (χ4n) is 2.72. The SMILES string of the molecule is CCOC(=O)c1cnc2c(OC)cccc2c1Nc1ccc(C)cc1Br. The lowest BCUT2D eigenvalue weighted by Gasteiger charge is -2.16. The molecule has 5 nitrogen and oxygen atoms in total. The van der Waals surface area contributed by atoms with Crippen LogP contribution in [0, 0.1) is 6.92 Å². The number of hydrogen-bond donors (Lipinski definition) is 1. The molecular formula is C20H19BrN2O3. The van der Waals surface area contributed by atoms with Gasteiger partial charge in [-0.25, -0.2) is 4.79 Å². The molecule has 0 saturated heterocycles. The second-order valence-electron chi connectivity index (χ2n) is 5.73. The number of nitrogens with zero attached hydrogens (tertiary/aromatic N) is 1. The number of rotatable bonds is 5. The summed E-state index contributed by atoms with van der Waals surface area (Å²) in [6.07, 6.45) is 1.52. The molecule has 3 rings (SSSR count). The Balaban J connectivity index is 2.21. The van der Waals surface area contributed by atoms with Crippen LogP contribution in [0.25, 0.3) is 10.9 Å². The van der Waals surface area contributed by atoms with Crippen LogP contribution in [0.15, 0.2) is 47.1 Å². The number of aryl methyl sites for hydroxylation is 1. The van der Waals surface area contributed by atoms with Crippen LogP contribution in [-0.2, 0) is 4.74 Å². The molecule has 0 unspecified atom stereocenters. The molecule has 1 N–H and O–H groups in total. The van der Waals surface area contributed by atoms with Crippen molar-refractivity contribution in [3.05, 3.63) is 58.2 Å². The van der Waals surface area contributed by atoms with Crippen molar-refractivity contribution in [1.29, 1.82) is 0 Å². The van der Waals surface area contributed by atoms with E-state index in [0.29, 0.717) is 29.1 Å². The highest BCUT2D eigenvalue weighted by atomic mass is 79.9. The van der Waals surface area contributed by atoms with E-state index >= 15 is 0 Å².